The Morgan fingerprint density at radius 3 is 2.17 bits per heavy atom. The zero-order valence-electron chi connectivity index (χ0n) is 13.0. The number of aromatic nitrogens is 1. The van der Waals surface area contributed by atoms with Gasteiger partial charge in [-0.1, -0.05) is 0 Å². The van der Waals surface area contributed by atoms with Gasteiger partial charge in [-0.3, -0.25) is 14.9 Å². The van der Waals surface area contributed by atoms with Gasteiger partial charge < -0.3 is 15.5 Å². The van der Waals surface area contributed by atoms with Crippen molar-refractivity contribution in [3.05, 3.63) is 58.3 Å². The van der Waals surface area contributed by atoms with Crippen LogP contribution in [0, 0.1) is 10.1 Å². The Hall–Kier alpha value is -3.16. The number of anilines is 2. The van der Waals surface area contributed by atoms with Gasteiger partial charge in [0.2, 0.25) is 5.91 Å². The molecule has 0 spiro atoms. The summed E-state index contributed by atoms with van der Waals surface area (Å²) in [6.45, 7) is 3.13. The van der Waals surface area contributed by atoms with E-state index < -0.39 is 10.8 Å². The van der Waals surface area contributed by atoms with Gasteiger partial charge in [0.25, 0.3) is 5.69 Å². The molecule has 3 rings (SSSR count). The molecule has 1 aromatic carbocycles. The van der Waals surface area contributed by atoms with Crippen LogP contribution in [0.5, 0.6) is 0 Å². The van der Waals surface area contributed by atoms with Crippen molar-refractivity contribution < 1.29 is 9.72 Å². The minimum atomic E-state index is -0.489. The lowest BCUT2D eigenvalue weighted by molar-refractivity contribution is -0.384. The van der Waals surface area contributed by atoms with E-state index >= 15 is 0 Å². The summed E-state index contributed by atoms with van der Waals surface area (Å²) in [6, 6.07) is 10.0. The van der Waals surface area contributed by atoms with E-state index in [9.17, 15) is 14.9 Å². The number of carbonyl (C=O) groups is 1. The molecule has 2 heterocycles. The molecule has 1 saturated heterocycles. The number of nitrogens with zero attached hydrogens (tertiary/aromatic N) is 4. The number of non-ortho nitro benzene ring substituents is 1. The monoisotopic (exact) mass is 327 g/mol. The van der Waals surface area contributed by atoms with Gasteiger partial charge in [0.1, 0.15) is 5.82 Å². The van der Waals surface area contributed by atoms with Crippen LogP contribution < -0.4 is 15.5 Å². The number of rotatable bonds is 4. The fourth-order valence-electron chi connectivity index (χ4n) is 2.70. The van der Waals surface area contributed by atoms with Crippen LogP contribution in [0.1, 0.15) is 10.4 Å². The molecule has 1 amide bonds. The van der Waals surface area contributed by atoms with Crippen molar-refractivity contribution >= 4 is 23.1 Å². The molecule has 0 atom stereocenters. The zero-order chi connectivity index (χ0) is 17.1. The fourth-order valence-corrected chi connectivity index (χ4v) is 2.70. The van der Waals surface area contributed by atoms with Gasteiger partial charge in [0.05, 0.1) is 10.5 Å². The van der Waals surface area contributed by atoms with E-state index in [0.29, 0.717) is 5.56 Å². The van der Waals surface area contributed by atoms with Crippen molar-refractivity contribution in [2.45, 2.75) is 0 Å². The van der Waals surface area contributed by atoms with Crippen LogP contribution >= 0.6 is 0 Å². The number of hydrogen-bond acceptors (Lipinski definition) is 6. The summed E-state index contributed by atoms with van der Waals surface area (Å²) in [6.07, 6.45) is 1.49. The van der Waals surface area contributed by atoms with Crippen LogP contribution in [0.25, 0.3) is 0 Å². The summed E-state index contributed by atoms with van der Waals surface area (Å²) in [5.41, 5.74) is 6.67. The third kappa shape index (κ3) is 3.27. The lowest BCUT2D eigenvalue weighted by Crippen LogP contribution is -2.46. The highest BCUT2D eigenvalue weighted by Gasteiger charge is 2.19. The maximum atomic E-state index is 11.1. The van der Waals surface area contributed by atoms with E-state index in [1.165, 1.54) is 18.3 Å². The Bertz CT molecular complexity index is 672. The van der Waals surface area contributed by atoms with Gasteiger partial charge in [-0.15, -0.1) is 0 Å². The zero-order valence-corrected chi connectivity index (χ0v) is 13.0. The predicted octanol–water partition coefficient (Wildman–Crippen LogP) is 1.42. The molecule has 0 saturated carbocycles. The molecule has 0 radical (unpaired) electrons. The molecule has 8 nitrogen and oxygen atoms in total. The topological polar surface area (TPSA) is 106 Å². The average Bonchev–Trinajstić information content (AvgIpc) is 2.62. The van der Waals surface area contributed by atoms with Crippen LogP contribution in [-0.4, -0.2) is 42.0 Å². The Morgan fingerprint density at radius 1 is 1.04 bits per heavy atom. The van der Waals surface area contributed by atoms with E-state index in [4.69, 9.17) is 5.73 Å². The smallest absolute Gasteiger partial charge is 0.269 e. The summed E-state index contributed by atoms with van der Waals surface area (Å²) in [7, 11) is 0. The van der Waals surface area contributed by atoms with E-state index in [1.54, 1.807) is 24.3 Å². The second-order valence-electron chi connectivity index (χ2n) is 5.52. The van der Waals surface area contributed by atoms with Crippen LogP contribution in [0.15, 0.2) is 42.6 Å². The highest BCUT2D eigenvalue weighted by Crippen LogP contribution is 2.22. The highest BCUT2D eigenvalue weighted by atomic mass is 16.6. The third-order valence-electron chi connectivity index (χ3n) is 4.06. The molecule has 0 aliphatic carbocycles. The summed E-state index contributed by atoms with van der Waals surface area (Å²) in [4.78, 5) is 30.0. The lowest BCUT2D eigenvalue weighted by Gasteiger charge is -2.36. The molecular formula is C16H17N5O3. The molecular weight excluding hydrogens is 310 g/mol. The maximum absolute atomic E-state index is 11.1. The first-order chi connectivity index (χ1) is 11.5. The summed E-state index contributed by atoms with van der Waals surface area (Å²) in [5.74, 6) is 0.320. The maximum Gasteiger partial charge on any atom is 0.269 e. The van der Waals surface area contributed by atoms with Gasteiger partial charge in [-0.25, -0.2) is 4.98 Å². The summed E-state index contributed by atoms with van der Waals surface area (Å²) in [5, 5.41) is 10.7. The Labute approximate surface area is 138 Å². The first-order valence-electron chi connectivity index (χ1n) is 7.55. The average molecular weight is 327 g/mol. The summed E-state index contributed by atoms with van der Waals surface area (Å²) < 4.78 is 0. The number of nitrogens with two attached hydrogens (primary N) is 1. The molecule has 1 fully saturated rings. The first-order valence-corrected chi connectivity index (χ1v) is 7.55. The van der Waals surface area contributed by atoms with E-state index in [-0.39, 0.29) is 5.69 Å². The Kier molecular flexibility index (Phi) is 4.28. The fraction of sp³-hybridized carbons (Fsp3) is 0.250. The van der Waals surface area contributed by atoms with Gasteiger partial charge in [0, 0.05) is 50.2 Å². The van der Waals surface area contributed by atoms with Crippen LogP contribution in [0.3, 0.4) is 0 Å². The van der Waals surface area contributed by atoms with Crippen molar-refractivity contribution in [1.82, 2.24) is 4.98 Å². The molecule has 1 aliphatic heterocycles. The number of nitro groups is 1. The van der Waals surface area contributed by atoms with E-state index in [1.807, 2.05) is 0 Å². The minimum absolute atomic E-state index is 0.0936. The largest absolute Gasteiger partial charge is 0.368 e. The first kappa shape index (κ1) is 15.7. The number of hydrogen-bond donors (Lipinski definition) is 1. The highest BCUT2D eigenvalue weighted by molar-refractivity contribution is 5.92. The molecule has 24 heavy (non-hydrogen) atoms. The Balaban J connectivity index is 1.62. The molecule has 0 unspecified atom stereocenters. The SMILES string of the molecule is NC(=O)c1ccc(N2CCN(c3ccc([N+](=O)[O-])cc3)CC2)nc1. The van der Waals surface area contributed by atoms with Gasteiger partial charge >= 0.3 is 0 Å². The molecule has 2 N–H and O–H groups in total. The second kappa shape index (κ2) is 6.53. The standard InChI is InChI=1S/C16H17N5O3/c17-16(22)12-1-6-15(18-11-12)20-9-7-19(8-10-20)13-2-4-14(5-3-13)21(23)24/h1-6,11H,7-10H2,(H2,17,22). The van der Waals surface area contributed by atoms with Gasteiger partial charge in [-0.2, -0.15) is 0 Å². The number of amides is 1. The lowest BCUT2D eigenvalue weighted by atomic mass is 10.2. The number of piperazine rings is 1. The molecule has 0 bridgehead atoms. The van der Waals surface area contributed by atoms with Crippen molar-refractivity contribution in [1.29, 1.82) is 0 Å². The van der Waals surface area contributed by atoms with Crippen LogP contribution in [0.2, 0.25) is 0 Å². The van der Waals surface area contributed by atoms with E-state index in [2.05, 4.69) is 14.8 Å². The summed E-state index contributed by atoms with van der Waals surface area (Å²) >= 11 is 0. The van der Waals surface area contributed by atoms with Gasteiger partial charge in [-0.05, 0) is 24.3 Å². The number of benzene rings is 1. The second-order valence-corrected chi connectivity index (χ2v) is 5.52. The Morgan fingerprint density at radius 2 is 1.67 bits per heavy atom. The van der Waals surface area contributed by atoms with E-state index in [0.717, 1.165) is 37.7 Å². The van der Waals surface area contributed by atoms with Gasteiger partial charge in [0.15, 0.2) is 0 Å². The quantitative estimate of drug-likeness (QED) is 0.672. The molecule has 1 aromatic heterocycles. The number of carbonyl (C=O) groups excluding carboxylic acids is 1. The third-order valence-corrected chi connectivity index (χ3v) is 4.06. The van der Waals surface area contributed by atoms with Crippen LogP contribution in [-0.2, 0) is 0 Å². The van der Waals surface area contributed by atoms with Crippen molar-refractivity contribution in [2.24, 2.45) is 5.73 Å². The minimum Gasteiger partial charge on any atom is -0.368 e. The van der Waals surface area contributed by atoms with Crippen LogP contribution in [0.4, 0.5) is 17.2 Å². The molecule has 2 aromatic rings. The molecule has 1 aliphatic rings. The molecule has 8 heteroatoms. The van der Waals surface area contributed by atoms with Crippen molar-refractivity contribution in [2.75, 3.05) is 36.0 Å². The molecule has 124 valence electrons. The number of pyridine rings is 1. The normalized spacial score (nSPS) is 14.5. The number of primary amides is 1. The predicted molar refractivity (Wildman–Crippen MR) is 90.3 cm³/mol. The van der Waals surface area contributed by atoms with Crippen molar-refractivity contribution in [3.63, 3.8) is 0 Å². The van der Waals surface area contributed by atoms with Crippen molar-refractivity contribution in [3.8, 4) is 0 Å². The number of nitro benzene ring substituents is 1.